The molecule has 0 saturated heterocycles. The highest BCUT2D eigenvalue weighted by molar-refractivity contribution is 8.01. The van der Waals surface area contributed by atoms with Gasteiger partial charge in [-0.3, -0.25) is 0 Å². The zero-order valence-electron chi connectivity index (χ0n) is 11.4. The van der Waals surface area contributed by atoms with Gasteiger partial charge >= 0.3 is 0 Å². The summed E-state index contributed by atoms with van der Waals surface area (Å²) in [5.74, 6) is 1.44. The lowest BCUT2D eigenvalue weighted by molar-refractivity contribution is 0.279. The number of nitrogens with two attached hydrogens (primary N) is 1. The summed E-state index contributed by atoms with van der Waals surface area (Å²) in [6.45, 7) is 4.65. The van der Waals surface area contributed by atoms with Crippen LogP contribution in [0.3, 0.4) is 0 Å². The molecule has 0 spiro atoms. The minimum atomic E-state index is 0.302. The lowest BCUT2D eigenvalue weighted by atomic mass is 9.80. The summed E-state index contributed by atoms with van der Waals surface area (Å²) >= 11 is 3.68. The molecular weight excluding hydrogens is 272 g/mol. The van der Waals surface area contributed by atoms with Crippen molar-refractivity contribution in [1.29, 1.82) is 0 Å². The van der Waals surface area contributed by atoms with Crippen LogP contribution in [0, 0.1) is 11.8 Å². The second kappa shape index (κ2) is 5.43. The number of rotatable bonds is 2. The van der Waals surface area contributed by atoms with Crippen molar-refractivity contribution in [2.45, 2.75) is 42.3 Å². The van der Waals surface area contributed by atoms with Gasteiger partial charge < -0.3 is 5.73 Å². The maximum atomic E-state index is 6.36. The molecule has 102 valence electrons. The molecule has 2 N–H and O–H groups in total. The summed E-state index contributed by atoms with van der Waals surface area (Å²) in [6.07, 6.45) is 2.43. The average Bonchev–Trinajstić information content (AvgIpc) is 2.76. The SMILES string of the molecule is CC1CC(C)C(Sc2nc3ccccc3s2)C(N)C1. The topological polar surface area (TPSA) is 38.9 Å². The number of aromatic nitrogens is 1. The number of benzene rings is 1. The van der Waals surface area contributed by atoms with Crippen molar-refractivity contribution < 1.29 is 0 Å². The number of fused-ring (bicyclic) bond motifs is 1. The Morgan fingerprint density at radius 3 is 2.79 bits per heavy atom. The third-order valence-corrected chi connectivity index (χ3v) is 6.69. The van der Waals surface area contributed by atoms with E-state index < -0.39 is 0 Å². The molecular formula is C15H20N2S2. The van der Waals surface area contributed by atoms with Crippen LogP contribution in [0.2, 0.25) is 0 Å². The largest absolute Gasteiger partial charge is 0.327 e. The normalized spacial score (nSPS) is 31.7. The molecule has 0 amide bonds. The van der Waals surface area contributed by atoms with E-state index in [-0.39, 0.29) is 0 Å². The molecule has 3 rings (SSSR count). The fourth-order valence-corrected chi connectivity index (χ4v) is 5.61. The predicted octanol–water partition coefficient (Wildman–Crippen LogP) is 4.15. The van der Waals surface area contributed by atoms with Crippen molar-refractivity contribution in [1.82, 2.24) is 4.98 Å². The monoisotopic (exact) mass is 292 g/mol. The standard InChI is InChI=1S/C15H20N2S2/c1-9-7-10(2)14(11(16)8-9)19-15-17-12-5-3-4-6-13(12)18-15/h3-6,9-11,14H,7-8,16H2,1-2H3. The van der Waals surface area contributed by atoms with Crippen LogP contribution >= 0.6 is 23.1 Å². The Morgan fingerprint density at radius 1 is 1.26 bits per heavy atom. The second-order valence-corrected chi connectivity index (χ2v) is 8.20. The smallest absolute Gasteiger partial charge is 0.151 e. The van der Waals surface area contributed by atoms with Gasteiger partial charge in [0.05, 0.1) is 10.2 Å². The van der Waals surface area contributed by atoms with Gasteiger partial charge in [-0.1, -0.05) is 37.7 Å². The molecule has 1 aliphatic rings. The van der Waals surface area contributed by atoms with E-state index in [4.69, 9.17) is 10.7 Å². The first-order valence-electron chi connectivity index (χ1n) is 6.91. The van der Waals surface area contributed by atoms with Crippen LogP contribution in [0.1, 0.15) is 26.7 Å². The quantitative estimate of drug-likeness (QED) is 0.903. The van der Waals surface area contributed by atoms with E-state index in [1.165, 1.54) is 15.5 Å². The average molecular weight is 292 g/mol. The molecule has 1 aromatic carbocycles. The van der Waals surface area contributed by atoms with E-state index in [0.29, 0.717) is 17.2 Å². The third kappa shape index (κ3) is 2.81. The van der Waals surface area contributed by atoms with Crippen LogP contribution in [0.4, 0.5) is 0 Å². The van der Waals surface area contributed by atoms with Crippen LogP contribution in [-0.2, 0) is 0 Å². The van der Waals surface area contributed by atoms with Gasteiger partial charge in [-0.15, -0.1) is 11.3 Å². The van der Waals surface area contributed by atoms with Crippen molar-refractivity contribution in [2.75, 3.05) is 0 Å². The van der Waals surface area contributed by atoms with Crippen molar-refractivity contribution in [3.05, 3.63) is 24.3 Å². The molecule has 1 aliphatic carbocycles. The van der Waals surface area contributed by atoms with Crippen molar-refractivity contribution in [2.24, 2.45) is 17.6 Å². The molecule has 4 heteroatoms. The van der Waals surface area contributed by atoms with Crippen LogP contribution in [0.15, 0.2) is 28.6 Å². The first-order valence-corrected chi connectivity index (χ1v) is 8.61. The van der Waals surface area contributed by atoms with E-state index in [0.717, 1.165) is 17.9 Å². The van der Waals surface area contributed by atoms with Gasteiger partial charge in [0, 0.05) is 11.3 Å². The fraction of sp³-hybridized carbons (Fsp3) is 0.533. The minimum absolute atomic E-state index is 0.302. The molecule has 1 heterocycles. The zero-order valence-corrected chi connectivity index (χ0v) is 13.0. The molecule has 0 bridgehead atoms. The highest BCUT2D eigenvalue weighted by Gasteiger charge is 2.33. The van der Waals surface area contributed by atoms with Crippen molar-refractivity contribution >= 4 is 33.3 Å². The van der Waals surface area contributed by atoms with Crippen LogP contribution in [0.5, 0.6) is 0 Å². The highest BCUT2D eigenvalue weighted by Crippen LogP contribution is 2.41. The molecule has 2 aromatic rings. The van der Waals surface area contributed by atoms with Crippen LogP contribution in [-0.4, -0.2) is 16.3 Å². The Bertz CT molecular complexity index is 521. The summed E-state index contributed by atoms with van der Waals surface area (Å²) in [6, 6.07) is 8.65. The van der Waals surface area contributed by atoms with Gasteiger partial charge in [-0.25, -0.2) is 4.98 Å². The number of thiazole rings is 1. The lowest BCUT2D eigenvalue weighted by Gasteiger charge is -2.36. The number of hydrogen-bond acceptors (Lipinski definition) is 4. The molecule has 1 fully saturated rings. The molecule has 1 aromatic heterocycles. The van der Waals surface area contributed by atoms with E-state index in [9.17, 15) is 0 Å². The number of nitrogens with zero attached hydrogens (tertiary/aromatic N) is 1. The molecule has 2 nitrogen and oxygen atoms in total. The van der Waals surface area contributed by atoms with E-state index >= 15 is 0 Å². The van der Waals surface area contributed by atoms with Gasteiger partial charge in [0.2, 0.25) is 0 Å². The Kier molecular flexibility index (Phi) is 3.83. The summed E-state index contributed by atoms with van der Waals surface area (Å²) in [5, 5.41) is 0.511. The van der Waals surface area contributed by atoms with E-state index in [1.54, 1.807) is 11.3 Å². The summed E-state index contributed by atoms with van der Waals surface area (Å²) < 4.78 is 2.44. The van der Waals surface area contributed by atoms with Gasteiger partial charge in [0.1, 0.15) is 0 Å². The van der Waals surface area contributed by atoms with E-state index in [1.807, 2.05) is 17.8 Å². The zero-order chi connectivity index (χ0) is 13.4. The molecule has 19 heavy (non-hydrogen) atoms. The molecule has 4 unspecified atom stereocenters. The van der Waals surface area contributed by atoms with Gasteiger partial charge in [-0.2, -0.15) is 0 Å². The van der Waals surface area contributed by atoms with Crippen molar-refractivity contribution in [3.8, 4) is 0 Å². The number of para-hydroxylation sites is 1. The highest BCUT2D eigenvalue weighted by atomic mass is 32.2. The Morgan fingerprint density at radius 2 is 2.05 bits per heavy atom. The lowest BCUT2D eigenvalue weighted by Crippen LogP contribution is -2.42. The second-order valence-electron chi connectivity index (χ2n) is 5.75. The number of hydrogen-bond donors (Lipinski definition) is 1. The molecule has 0 radical (unpaired) electrons. The maximum Gasteiger partial charge on any atom is 0.151 e. The minimum Gasteiger partial charge on any atom is -0.327 e. The Balaban J connectivity index is 1.80. The Hall–Kier alpha value is -0.580. The molecule has 0 aliphatic heterocycles. The summed E-state index contributed by atoms with van der Waals surface area (Å²) in [5.41, 5.74) is 7.47. The molecule has 4 atom stereocenters. The maximum absolute atomic E-state index is 6.36. The van der Waals surface area contributed by atoms with E-state index in [2.05, 4.69) is 32.0 Å². The summed E-state index contributed by atoms with van der Waals surface area (Å²) in [7, 11) is 0. The van der Waals surface area contributed by atoms with Gasteiger partial charge in [0.15, 0.2) is 4.34 Å². The fourth-order valence-electron chi connectivity index (χ4n) is 3.11. The first-order chi connectivity index (χ1) is 9.13. The van der Waals surface area contributed by atoms with Crippen LogP contribution in [0.25, 0.3) is 10.2 Å². The first kappa shape index (κ1) is 13.4. The number of thioether (sulfide) groups is 1. The van der Waals surface area contributed by atoms with Gasteiger partial charge in [-0.05, 0) is 36.8 Å². The van der Waals surface area contributed by atoms with Crippen LogP contribution < -0.4 is 5.73 Å². The summed E-state index contributed by atoms with van der Waals surface area (Å²) in [4.78, 5) is 4.72. The molecule has 1 saturated carbocycles. The van der Waals surface area contributed by atoms with Crippen molar-refractivity contribution in [3.63, 3.8) is 0 Å². The Labute approximate surface area is 122 Å². The van der Waals surface area contributed by atoms with Gasteiger partial charge in [0.25, 0.3) is 0 Å². The predicted molar refractivity (Wildman–Crippen MR) is 84.8 cm³/mol. The third-order valence-electron chi connectivity index (χ3n) is 3.94.